The highest BCUT2D eigenvalue weighted by molar-refractivity contribution is 6.31. The molecule has 0 bridgehead atoms. The predicted octanol–water partition coefficient (Wildman–Crippen LogP) is 6.02. The second-order valence-electron chi connectivity index (χ2n) is 10.3. The van der Waals surface area contributed by atoms with Crippen LogP contribution in [0.25, 0.3) is 11.1 Å². The van der Waals surface area contributed by atoms with E-state index in [1.807, 2.05) is 13.0 Å². The van der Waals surface area contributed by atoms with E-state index in [4.69, 9.17) is 16.3 Å². The van der Waals surface area contributed by atoms with Crippen LogP contribution in [0, 0.1) is 0 Å². The van der Waals surface area contributed by atoms with Crippen LogP contribution in [-0.4, -0.2) is 27.7 Å². The minimum Gasteiger partial charge on any atom is -0.456 e. The van der Waals surface area contributed by atoms with Gasteiger partial charge in [0.1, 0.15) is 5.60 Å². The van der Waals surface area contributed by atoms with Crippen LogP contribution in [0.5, 0.6) is 0 Å². The summed E-state index contributed by atoms with van der Waals surface area (Å²) in [4.78, 5) is 51.8. The molecule has 0 radical (unpaired) electrons. The van der Waals surface area contributed by atoms with Crippen LogP contribution in [-0.2, 0) is 22.4 Å². The SMILES string of the molecule is CCC(C(=O)Cc1ccc(C(=O)OC(C)(C)C)cc1)n1cc2c(cc1=O)-c1cc(Cl)ccc1CCC2=O. The van der Waals surface area contributed by atoms with Crippen molar-refractivity contribution in [3.05, 3.63) is 92.4 Å². The van der Waals surface area contributed by atoms with Gasteiger partial charge in [-0.1, -0.05) is 36.7 Å². The molecule has 37 heavy (non-hydrogen) atoms. The molecule has 1 aliphatic carbocycles. The summed E-state index contributed by atoms with van der Waals surface area (Å²) in [5.41, 5.74) is 2.90. The average molecular weight is 520 g/mol. The minimum atomic E-state index is -0.724. The highest BCUT2D eigenvalue weighted by Gasteiger charge is 2.26. The maximum Gasteiger partial charge on any atom is 0.338 e. The number of esters is 1. The van der Waals surface area contributed by atoms with Crippen LogP contribution in [0.2, 0.25) is 5.02 Å². The molecule has 0 saturated carbocycles. The van der Waals surface area contributed by atoms with E-state index in [0.29, 0.717) is 41.0 Å². The molecule has 192 valence electrons. The van der Waals surface area contributed by atoms with Gasteiger partial charge in [0.05, 0.1) is 11.6 Å². The second-order valence-corrected chi connectivity index (χ2v) is 10.8. The first-order valence-corrected chi connectivity index (χ1v) is 12.8. The lowest BCUT2D eigenvalue weighted by Gasteiger charge is -2.20. The Kier molecular flexibility index (Phi) is 7.51. The van der Waals surface area contributed by atoms with E-state index in [1.165, 1.54) is 16.8 Å². The molecule has 4 rings (SSSR count). The van der Waals surface area contributed by atoms with Crippen molar-refractivity contribution in [3.8, 4) is 11.1 Å². The molecule has 0 amide bonds. The summed E-state index contributed by atoms with van der Waals surface area (Å²) in [6.07, 6.45) is 2.89. The smallest absolute Gasteiger partial charge is 0.338 e. The van der Waals surface area contributed by atoms with Crippen molar-refractivity contribution < 1.29 is 19.1 Å². The number of fused-ring (bicyclic) bond motifs is 3. The standard InChI is InChI=1S/C30H30ClNO5/c1-5-25(27(34)14-18-6-8-20(9-7-18)29(36)37-30(2,3)4)32-17-24-23(16-28(32)35)22-15-21(31)12-10-19(22)11-13-26(24)33/h6-10,12,15-17,25H,5,11,13-14H2,1-4H3. The molecule has 1 atom stereocenters. The number of aromatic nitrogens is 1. The third-order valence-corrected chi connectivity index (χ3v) is 6.66. The number of ether oxygens (including phenoxy) is 1. The fraction of sp³-hybridized carbons (Fsp3) is 0.333. The van der Waals surface area contributed by atoms with Crippen LogP contribution in [0.3, 0.4) is 0 Å². The van der Waals surface area contributed by atoms with Crippen molar-refractivity contribution in [1.29, 1.82) is 0 Å². The highest BCUT2D eigenvalue weighted by Crippen LogP contribution is 2.34. The normalized spacial score (nSPS) is 13.8. The first-order chi connectivity index (χ1) is 17.5. The van der Waals surface area contributed by atoms with Gasteiger partial charge in [-0.25, -0.2) is 4.79 Å². The average Bonchev–Trinajstić information content (AvgIpc) is 2.95. The molecule has 0 fully saturated rings. The monoisotopic (exact) mass is 519 g/mol. The Morgan fingerprint density at radius 1 is 0.973 bits per heavy atom. The third-order valence-electron chi connectivity index (χ3n) is 6.43. The van der Waals surface area contributed by atoms with Gasteiger partial charge in [0, 0.05) is 35.7 Å². The molecule has 0 N–H and O–H groups in total. The summed E-state index contributed by atoms with van der Waals surface area (Å²) in [5.74, 6) is -0.656. The summed E-state index contributed by atoms with van der Waals surface area (Å²) in [7, 11) is 0. The number of benzene rings is 2. The number of nitrogens with zero attached hydrogens (tertiary/aromatic N) is 1. The highest BCUT2D eigenvalue weighted by atomic mass is 35.5. The van der Waals surface area contributed by atoms with E-state index in [1.54, 1.807) is 57.2 Å². The fourth-order valence-corrected chi connectivity index (χ4v) is 4.80. The van der Waals surface area contributed by atoms with Gasteiger partial charge in [0.15, 0.2) is 11.6 Å². The fourth-order valence-electron chi connectivity index (χ4n) is 4.63. The number of carbonyl (C=O) groups is 3. The van der Waals surface area contributed by atoms with Crippen molar-refractivity contribution in [1.82, 2.24) is 4.57 Å². The number of pyridine rings is 1. The molecule has 0 aliphatic heterocycles. The zero-order valence-electron chi connectivity index (χ0n) is 21.5. The lowest BCUT2D eigenvalue weighted by molar-refractivity contribution is -0.121. The molecule has 1 aliphatic rings. The zero-order valence-corrected chi connectivity index (χ0v) is 22.2. The minimum absolute atomic E-state index is 0.0730. The lowest BCUT2D eigenvalue weighted by atomic mass is 9.96. The maximum absolute atomic E-state index is 13.3. The molecule has 1 aromatic heterocycles. The van der Waals surface area contributed by atoms with Gasteiger partial charge >= 0.3 is 5.97 Å². The number of ketones is 2. The van der Waals surface area contributed by atoms with Crippen molar-refractivity contribution in [3.63, 3.8) is 0 Å². The Balaban J connectivity index is 1.61. The number of aryl methyl sites for hydroxylation is 1. The van der Waals surface area contributed by atoms with Crippen LogP contribution < -0.4 is 5.56 Å². The Morgan fingerprint density at radius 3 is 2.32 bits per heavy atom. The van der Waals surface area contributed by atoms with Crippen LogP contribution >= 0.6 is 11.6 Å². The van der Waals surface area contributed by atoms with E-state index in [-0.39, 0.29) is 23.5 Å². The summed E-state index contributed by atoms with van der Waals surface area (Å²) in [5, 5.41) is 0.530. The molecule has 2 aromatic carbocycles. The van der Waals surface area contributed by atoms with Gasteiger partial charge in [-0.15, -0.1) is 0 Å². The van der Waals surface area contributed by atoms with Crippen molar-refractivity contribution in [2.45, 2.75) is 65.0 Å². The van der Waals surface area contributed by atoms with Gasteiger partial charge < -0.3 is 9.30 Å². The molecular formula is C30H30ClNO5. The van der Waals surface area contributed by atoms with E-state index in [9.17, 15) is 19.2 Å². The zero-order chi connectivity index (χ0) is 26.9. The summed E-state index contributed by atoms with van der Waals surface area (Å²) in [6.45, 7) is 7.24. The molecule has 6 nitrogen and oxygen atoms in total. The Hall–Kier alpha value is -3.51. The molecule has 1 unspecified atom stereocenters. The maximum atomic E-state index is 13.3. The second kappa shape index (κ2) is 10.5. The van der Waals surface area contributed by atoms with Crippen LogP contribution in [0.15, 0.2) is 59.5 Å². The molecule has 1 heterocycles. The Morgan fingerprint density at radius 2 is 1.68 bits per heavy atom. The van der Waals surface area contributed by atoms with Gasteiger partial charge in [-0.2, -0.15) is 0 Å². The number of Topliss-reactive ketones (excluding diaryl/α,β-unsaturated/α-hetero) is 2. The number of hydrogen-bond acceptors (Lipinski definition) is 5. The van der Waals surface area contributed by atoms with E-state index in [0.717, 1.165) is 16.7 Å². The van der Waals surface area contributed by atoms with Crippen LogP contribution in [0.4, 0.5) is 0 Å². The van der Waals surface area contributed by atoms with Crippen LogP contribution in [0.1, 0.15) is 78.4 Å². The van der Waals surface area contributed by atoms with E-state index >= 15 is 0 Å². The van der Waals surface area contributed by atoms with Crippen molar-refractivity contribution in [2.75, 3.05) is 0 Å². The summed E-state index contributed by atoms with van der Waals surface area (Å²) in [6, 6.07) is 12.9. The topological polar surface area (TPSA) is 82.4 Å². The Labute approximate surface area is 221 Å². The number of rotatable bonds is 6. The van der Waals surface area contributed by atoms with Crippen molar-refractivity contribution >= 4 is 29.1 Å². The molecule has 0 spiro atoms. The quantitative estimate of drug-likeness (QED) is 0.372. The van der Waals surface area contributed by atoms with Gasteiger partial charge in [0.2, 0.25) is 0 Å². The number of hydrogen-bond donors (Lipinski definition) is 0. The first-order valence-electron chi connectivity index (χ1n) is 12.4. The molecule has 3 aromatic rings. The number of halogens is 1. The summed E-state index contributed by atoms with van der Waals surface area (Å²) < 4.78 is 6.76. The van der Waals surface area contributed by atoms with Gasteiger partial charge in [-0.05, 0) is 80.1 Å². The predicted molar refractivity (Wildman–Crippen MR) is 143 cm³/mol. The largest absolute Gasteiger partial charge is 0.456 e. The molecule has 0 saturated heterocycles. The lowest BCUT2D eigenvalue weighted by Crippen LogP contribution is -2.31. The number of carbonyl (C=O) groups excluding carboxylic acids is 3. The van der Waals surface area contributed by atoms with Crippen molar-refractivity contribution in [2.24, 2.45) is 0 Å². The Bertz CT molecular complexity index is 1430. The summed E-state index contributed by atoms with van der Waals surface area (Å²) >= 11 is 6.21. The third kappa shape index (κ3) is 5.91. The first kappa shape index (κ1) is 26.6. The van der Waals surface area contributed by atoms with Gasteiger partial charge in [0.25, 0.3) is 5.56 Å². The van der Waals surface area contributed by atoms with Gasteiger partial charge in [-0.3, -0.25) is 14.4 Å². The van der Waals surface area contributed by atoms with E-state index < -0.39 is 17.6 Å². The van der Waals surface area contributed by atoms with E-state index in [2.05, 4.69) is 0 Å². The molecule has 7 heteroatoms. The molecular weight excluding hydrogens is 490 g/mol.